The second-order valence-corrected chi connectivity index (χ2v) is 8.79. The van der Waals surface area contributed by atoms with Crippen molar-refractivity contribution in [2.45, 2.75) is 31.1 Å². The highest BCUT2D eigenvalue weighted by Gasteiger charge is 2.31. The Morgan fingerprint density at radius 2 is 1.58 bits per heavy atom. The zero-order valence-corrected chi connectivity index (χ0v) is 15.0. The molecule has 0 fully saturated rings. The molecule has 0 N–H and O–H groups in total. The van der Waals surface area contributed by atoms with Gasteiger partial charge in [0.1, 0.15) is 5.84 Å². The number of amidine groups is 1. The summed E-state index contributed by atoms with van der Waals surface area (Å²) in [7, 11) is -3.60. The van der Waals surface area contributed by atoms with E-state index < -0.39 is 10.0 Å². The van der Waals surface area contributed by atoms with Crippen LogP contribution in [0.4, 0.5) is 0 Å². The Hall–Kier alpha value is -2.14. The molecule has 0 saturated carbocycles. The van der Waals surface area contributed by atoms with E-state index >= 15 is 0 Å². The van der Waals surface area contributed by atoms with Gasteiger partial charge in [0, 0.05) is 5.56 Å². The fourth-order valence-electron chi connectivity index (χ4n) is 2.74. The van der Waals surface area contributed by atoms with E-state index in [-0.39, 0.29) is 5.41 Å². The molecule has 0 bridgehead atoms. The van der Waals surface area contributed by atoms with Crippen LogP contribution in [0.5, 0.6) is 0 Å². The van der Waals surface area contributed by atoms with Crippen LogP contribution in [0.15, 0.2) is 64.5 Å². The SMILES string of the molecule is CC(C)(C)c1ccc(S(=O)(=O)N2CCN=C2c2ccccc2)cc1. The molecule has 1 aliphatic heterocycles. The average molecular weight is 342 g/mol. The minimum absolute atomic E-state index is 0.00735. The van der Waals surface area contributed by atoms with E-state index in [1.165, 1.54) is 4.31 Å². The van der Waals surface area contributed by atoms with E-state index in [9.17, 15) is 8.42 Å². The van der Waals surface area contributed by atoms with Crippen molar-refractivity contribution in [2.24, 2.45) is 4.99 Å². The van der Waals surface area contributed by atoms with Gasteiger partial charge in [-0.2, -0.15) is 0 Å². The first-order valence-electron chi connectivity index (χ1n) is 8.03. The van der Waals surface area contributed by atoms with Crippen LogP contribution in [0.3, 0.4) is 0 Å². The third kappa shape index (κ3) is 3.08. The van der Waals surface area contributed by atoms with Crippen LogP contribution in [-0.4, -0.2) is 31.6 Å². The van der Waals surface area contributed by atoms with Gasteiger partial charge in [-0.15, -0.1) is 0 Å². The van der Waals surface area contributed by atoms with Gasteiger partial charge in [0.15, 0.2) is 0 Å². The highest BCUT2D eigenvalue weighted by molar-refractivity contribution is 7.89. The lowest BCUT2D eigenvalue weighted by Gasteiger charge is -2.22. The Balaban J connectivity index is 1.95. The third-order valence-corrected chi connectivity index (χ3v) is 5.94. The lowest BCUT2D eigenvalue weighted by molar-refractivity contribution is 0.537. The summed E-state index contributed by atoms with van der Waals surface area (Å²) < 4.78 is 27.5. The molecule has 5 heteroatoms. The van der Waals surface area contributed by atoms with Crippen LogP contribution in [0.2, 0.25) is 0 Å². The molecule has 0 aliphatic carbocycles. The van der Waals surface area contributed by atoms with Crippen molar-refractivity contribution in [1.29, 1.82) is 0 Å². The molecule has 3 rings (SSSR count). The summed E-state index contributed by atoms with van der Waals surface area (Å²) in [4.78, 5) is 4.71. The molecule has 1 heterocycles. The van der Waals surface area contributed by atoms with Crippen molar-refractivity contribution in [2.75, 3.05) is 13.1 Å². The molecule has 0 aromatic heterocycles. The zero-order valence-electron chi connectivity index (χ0n) is 14.2. The van der Waals surface area contributed by atoms with E-state index in [0.29, 0.717) is 23.8 Å². The number of hydrogen-bond acceptors (Lipinski definition) is 3. The number of hydrogen-bond donors (Lipinski definition) is 0. The van der Waals surface area contributed by atoms with Gasteiger partial charge < -0.3 is 0 Å². The summed E-state index contributed by atoms with van der Waals surface area (Å²) in [6.45, 7) is 7.20. The largest absolute Gasteiger partial charge is 0.265 e. The molecule has 0 saturated heterocycles. The van der Waals surface area contributed by atoms with Crippen LogP contribution in [0, 0.1) is 0 Å². The van der Waals surface area contributed by atoms with Crippen LogP contribution >= 0.6 is 0 Å². The average Bonchev–Trinajstić information content (AvgIpc) is 3.05. The normalized spacial score (nSPS) is 15.5. The second kappa shape index (κ2) is 6.06. The fraction of sp³-hybridized carbons (Fsp3) is 0.316. The summed E-state index contributed by atoms with van der Waals surface area (Å²) in [5, 5.41) is 0. The van der Waals surface area contributed by atoms with Crippen molar-refractivity contribution in [3.8, 4) is 0 Å². The Labute approximate surface area is 143 Å². The van der Waals surface area contributed by atoms with Gasteiger partial charge in [-0.05, 0) is 23.1 Å². The number of sulfonamides is 1. The van der Waals surface area contributed by atoms with Crippen LogP contribution in [0.1, 0.15) is 31.9 Å². The first-order chi connectivity index (χ1) is 11.3. The van der Waals surface area contributed by atoms with Crippen LogP contribution < -0.4 is 0 Å². The number of benzene rings is 2. The Bertz CT molecular complexity index is 848. The van der Waals surface area contributed by atoms with E-state index in [1.54, 1.807) is 12.1 Å². The highest BCUT2D eigenvalue weighted by atomic mass is 32.2. The lowest BCUT2D eigenvalue weighted by Crippen LogP contribution is -2.34. The van der Waals surface area contributed by atoms with Crippen molar-refractivity contribution >= 4 is 15.9 Å². The second-order valence-electron chi connectivity index (χ2n) is 6.92. The van der Waals surface area contributed by atoms with E-state index in [1.807, 2.05) is 42.5 Å². The molecule has 0 radical (unpaired) electrons. The Kier molecular flexibility index (Phi) is 4.22. The van der Waals surface area contributed by atoms with E-state index in [2.05, 4.69) is 25.8 Å². The van der Waals surface area contributed by atoms with Crippen LogP contribution in [-0.2, 0) is 15.4 Å². The molecule has 126 valence electrons. The quantitative estimate of drug-likeness (QED) is 0.858. The maximum Gasteiger partial charge on any atom is 0.265 e. The van der Waals surface area contributed by atoms with Gasteiger partial charge in [-0.25, -0.2) is 12.7 Å². The molecule has 2 aromatic carbocycles. The predicted molar refractivity (Wildman–Crippen MR) is 96.9 cm³/mol. The Morgan fingerprint density at radius 3 is 2.17 bits per heavy atom. The van der Waals surface area contributed by atoms with Crippen molar-refractivity contribution < 1.29 is 8.42 Å². The molecule has 4 nitrogen and oxygen atoms in total. The summed E-state index contributed by atoms with van der Waals surface area (Å²) in [5.41, 5.74) is 1.93. The van der Waals surface area contributed by atoms with Gasteiger partial charge in [0.25, 0.3) is 10.0 Å². The Morgan fingerprint density at radius 1 is 0.958 bits per heavy atom. The van der Waals surface area contributed by atoms with Gasteiger partial charge in [0.05, 0.1) is 18.0 Å². The fourth-order valence-corrected chi connectivity index (χ4v) is 4.19. The van der Waals surface area contributed by atoms with Gasteiger partial charge >= 0.3 is 0 Å². The smallest absolute Gasteiger partial charge is 0.265 e. The number of aliphatic imine (C=N–C) groups is 1. The van der Waals surface area contributed by atoms with E-state index in [0.717, 1.165) is 11.1 Å². The first-order valence-corrected chi connectivity index (χ1v) is 9.47. The monoisotopic (exact) mass is 342 g/mol. The molecular weight excluding hydrogens is 320 g/mol. The first kappa shape index (κ1) is 16.7. The topological polar surface area (TPSA) is 49.7 Å². The summed E-state index contributed by atoms with van der Waals surface area (Å²) in [5.74, 6) is 0.524. The molecule has 2 aromatic rings. The standard InChI is InChI=1S/C19H22N2O2S/c1-19(2,3)16-9-11-17(12-10-16)24(22,23)21-14-13-20-18(21)15-7-5-4-6-8-15/h4-12H,13-14H2,1-3H3. The lowest BCUT2D eigenvalue weighted by atomic mass is 9.87. The van der Waals surface area contributed by atoms with Crippen molar-refractivity contribution in [1.82, 2.24) is 4.31 Å². The molecule has 0 amide bonds. The minimum atomic E-state index is -3.60. The molecule has 0 atom stereocenters. The molecule has 0 unspecified atom stereocenters. The number of rotatable bonds is 3. The highest BCUT2D eigenvalue weighted by Crippen LogP contribution is 2.26. The zero-order chi connectivity index (χ0) is 17.4. The summed E-state index contributed by atoms with van der Waals surface area (Å²) in [6, 6.07) is 16.6. The molecule has 1 aliphatic rings. The van der Waals surface area contributed by atoms with Crippen molar-refractivity contribution in [3.05, 3.63) is 65.7 Å². The van der Waals surface area contributed by atoms with Gasteiger partial charge in [-0.1, -0.05) is 63.2 Å². The maximum absolute atomic E-state index is 13.0. The summed E-state index contributed by atoms with van der Waals surface area (Å²) >= 11 is 0. The van der Waals surface area contributed by atoms with Gasteiger partial charge in [0.2, 0.25) is 0 Å². The molecule has 0 spiro atoms. The third-order valence-electron chi connectivity index (χ3n) is 4.14. The maximum atomic E-state index is 13.0. The van der Waals surface area contributed by atoms with Crippen LogP contribution in [0.25, 0.3) is 0 Å². The van der Waals surface area contributed by atoms with Crippen molar-refractivity contribution in [3.63, 3.8) is 0 Å². The predicted octanol–water partition coefficient (Wildman–Crippen LogP) is 3.44. The minimum Gasteiger partial charge on any atom is -0.265 e. The summed E-state index contributed by atoms with van der Waals surface area (Å²) in [6.07, 6.45) is 0. The number of nitrogens with zero attached hydrogens (tertiary/aromatic N) is 2. The molecule has 24 heavy (non-hydrogen) atoms. The van der Waals surface area contributed by atoms with E-state index in [4.69, 9.17) is 0 Å². The van der Waals surface area contributed by atoms with Gasteiger partial charge in [-0.3, -0.25) is 4.99 Å². The molecular formula is C19H22N2O2S.